The molecule has 1 saturated heterocycles. The van der Waals surface area contributed by atoms with Crippen molar-refractivity contribution in [3.8, 4) is 23.2 Å². The third kappa shape index (κ3) is 5.03. The molecule has 0 unspecified atom stereocenters. The minimum absolute atomic E-state index is 0.108. The number of pyridine rings is 1. The number of para-hydroxylation sites is 1. The van der Waals surface area contributed by atoms with Crippen molar-refractivity contribution in [1.82, 2.24) is 45.1 Å². The third-order valence-electron chi connectivity index (χ3n) is 6.70. The lowest BCUT2D eigenvalue weighted by atomic mass is 10.1. The summed E-state index contributed by atoms with van der Waals surface area (Å²) in [6.45, 7) is 3.27. The predicted octanol–water partition coefficient (Wildman–Crippen LogP) is 2.84. The van der Waals surface area contributed by atoms with Gasteiger partial charge in [0.25, 0.3) is 0 Å². The molecule has 4 aromatic heterocycles. The molecule has 1 atom stereocenters. The molecular formula is C26H27N13O2. The van der Waals surface area contributed by atoms with Gasteiger partial charge in [0, 0.05) is 26.3 Å². The van der Waals surface area contributed by atoms with Crippen LogP contribution in [0.3, 0.4) is 0 Å². The van der Waals surface area contributed by atoms with Gasteiger partial charge in [0.1, 0.15) is 23.2 Å². The minimum Gasteiger partial charge on any atom is -0.494 e. The molecule has 1 aromatic carbocycles. The zero-order valence-corrected chi connectivity index (χ0v) is 22.9. The molecule has 1 fully saturated rings. The van der Waals surface area contributed by atoms with E-state index in [2.05, 4.69) is 57.0 Å². The van der Waals surface area contributed by atoms with Gasteiger partial charge in [-0.3, -0.25) is 0 Å². The number of methoxy groups -OCH3 is 2. The molecule has 5 aromatic rings. The maximum atomic E-state index is 9.80. The lowest BCUT2D eigenvalue weighted by Crippen LogP contribution is -2.24. The van der Waals surface area contributed by atoms with Crippen LogP contribution in [0.15, 0.2) is 30.5 Å². The van der Waals surface area contributed by atoms with Gasteiger partial charge in [-0.1, -0.05) is 6.07 Å². The first-order valence-electron chi connectivity index (χ1n) is 12.8. The lowest BCUT2D eigenvalue weighted by molar-refractivity contribution is 0.121. The molecule has 0 amide bonds. The van der Waals surface area contributed by atoms with Crippen LogP contribution in [0.5, 0.6) is 5.75 Å². The summed E-state index contributed by atoms with van der Waals surface area (Å²) >= 11 is 0. The van der Waals surface area contributed by atoms with Gasteiger partial charge in [0.05, 0.1) is 43.4 Å². The number of hydrogen-bond acceptors (Lipinski definition) is 13. The number of ether oxygens (including phenoxy) is 2. The smallest absolute Gasteiger partial charge is 0.208 e. The quantitative estimate of drug-likeness (QED) is 0.255. The Morgan fingerprint density at radius 3 is 2.73 bits per heavy atom. The second kappa shape index (κ2) is 10.7. The third-order valence-corrected chi connectivity index (χ3v) is 6.70. The highest BCUT2D eigenvalue weighted by molar-refractivity contribution is 5.92. The fourth-order valence-corrected chi connectivity index (χ4v) is 4.83. The molecule has 0 spiro atoms. The first-order valence-corrected chi connectivity index (χ1v) is 12.8. The summed E-state index contributed by atoms with van der Waals surface area (Å²) in [4.78, 5) is 24.9. The van der Waals surface area contributed by atoms with Crippen molar-refractivity contribution in [2.24, 2.45) is 7.05 Å². The van der Waals surface area contributed by atoms with Crippen molar-refractivity contribution in [3.05, 3.63) is 42.0 Å². The largest absolute Gasteiger partial charge is 0.494 e. The number of tetrazole rings is 1. The average molecular weight is 554 g/mol. The Balaban J connectivity index is 1.33. The fraction of sp³-hybridized carbons (Fsp3) is 0.308. The topological polar surface area (TPSA) is 180 Å². The van der Waals surface area contributed by atoms with E-state index in [0.29, 0.717) is 69.5 Å². The van der Waals surface area contributed by atoms with Crippen molar-refractivity contribution in [2.45, 2.75) is 19.4 Å². The highest BCUT2D eigenvalue weighted by Gasteiger charge is 2.26. The Labute approximate surface area is 234 Å². The molecular weight excluding hydrogens is 526 g/mol. The van der Waals surface area contributed by atoms with Crippen molar-refractivity contribution in [3.63, 3.8) is 0 Å². The summed E-state index contributed by atoms with van der Waals surface area (Å²) in [6, 6.07) is 9.59. The highest BCUT2D eigenvalue weighted by Crippen LogP contribution is 2.38. The normalized spacial score (nSPS) is 14.8. The van der Waals surface area contributed by atoms with E-state index in [4.69, 9.17) is 9.47 Å². The molecule has 41 heavy (non-hydrogen) atoms. The Kier molecular flexibility index (Phi) is 6.73. The Bertz CT molecular complexity index is 1770. The molecule has 0 saturated carbocycles. The van der Waals surface area contributed by atoms with Crippen molar-refractivity contribution >= 4 is 40.0 Å². The molecule has 208 valence electrons. The first-order chi connectivity index (χ1) is 19.9. The molecule has 0 aliphatic carbocycles. The number of H-pyrrole nitrogens is 1. The van der Waals surface area contributed by atoms with Gasteiger partial charge in [0.2, 0.25) is 5.82 Å². The van der Waals surface area contributed by atoms with E-state index in [9.17, 15) is 5.26 Å². The monoisotopic (exact) mass is 553 g/mol. The van der Waals surface area contributed by atoms with E-state index in [0.717, 1.165) is 13.0 Å². The Morgan fingerprint density at radius 2 is 2.00 bits per heavy atom. The maximum Gasteiger partial charge on any atom is 0.208 e. The highest BCUT2D eigenvalue weighted by atomic mass is 16.5. The van der Waals surface area contributed by atoms with Crippen LogP contribution in [0.2, 0.25) is 0 Å². The number of imidazole rings is 1. The second-order valence-corrected chi connectivity index (χ2v) is 9.45. The van der Waals surface area contributed by atoms with E-state index in [1.165, 1.54) is 4.80 Å². The lowest BCUT2D eigenvalue weighted by Gasteiger charge is -2.18. The van der Waals surface area contributed by atoms with Crippen LogP contribution >= 0.6 is 0 Å². The summed E-state index contributed by atoms with van der Waals surface area (Å²) in [5, 5.41) is 28.8. The molecule has 15 nitrogen and oxygen atoms in total. The maximum absolute atomic E-state index is 9.80. The Morgan fingerprint density at radius 1 is 1.12 bits per heavy atom. The van der Waals surface area contributed by atoms with Gasteiger partial charge < -0.3 is 30.0 Å². The number of aromatic nitrogens is 9. The molecule has 0 radical (unpaired) electrons. The van der Waals surface area contributed by atoms with Crippen LogP contribution in [0.1, 0.15) is 17.9 Å². The molecule has 1 aliphatic rings. The molecule has 0 bridgehead atoms. The van der Waals surface area contributed by atoms with Gasteiger partial charge in [-0.15, -0.1) is 10.2 Å². The summed E-state index contributed by atoms with van der Waals surface area (Å²) in [6.07, 6.45) is 2.57. The summed E-state index contributed by atoms with van der Waals surface area (Å²) < 4.78 is 11.2. The predicted molar refractivity (Wildman–Crippen MR) is 150 cm³/mol. The van der Waals surface area contributed by atoms with Gasteiger partial charge in [-0.2, -0.15) is 10.1 Å². The standard InChI is InChI=1S/C26H27N13O2/c1-14-29-22-18(31-17-7-5-6-16(23(17)41-4)24-35-37-38(2)36-24)10-20(34-25(22)30-14)33-21-12-28-26(19(11-27)32-21)39-9-8-15(13-39)40-3/h5-7,10,12,15H,8-9,13H2,1-4H3,(H3,29,30,31,32,33,34)/t15-/m1/s1. The van der Waals surface area contributed by atoms with Crippen LogP contribution in [0, 0.1) is 18.3 Å². The number of rotatable bonds is 8. The van der Waals surface area contributed by atoms with Crippen molar-refractivity contribution in [2.75, 3.05) is 42.8 Å². The molecule has 15 heteroatoms. The van der Waals surface area contributed by atoms with Crippen LogP contribution in [0.4, 0.5) is 28.8 Å². The van der Waals surface area contributed by atoms with Crippen molar-refractivity contribution < 1.29 is 9.47 Å². The number of hydrogen-bond donors (Lipinski definition) is 3. The van der Waals surface area contributed by atoms with E-state index in [-0.39, 0.29) is 11.8 Å². The first kappa shape index (κ1) is 25.9. The number of anilines is 5. The average Bonchev–Trinajstić information content (AvgIpc) is 3.72. The number of nitrogens with one attached hydrogen (secondary N) is 3. The number of benzene rings is 1. The number of nitrogens with zero attached hydrogens (tertiary/aromatic N) is 10. The molecule has 6 rings (SSSR count). The zero-order chi connectivity index (χ0) is 28.5. The molecule has 1 aliphatic heterocycles. The Hall–Kier alpha value is -5.36. The fourth-order valence-electron chi connectivity index (χ4n) is 4.83. The minimum atomic E-state index is 0.108. The van der Waals surface area contributed by atoms with E-state index < -0.39 is 0 Å². The number of nitriles is 1. The molecule has 3 N–H and O–H groups in total. The number of fused-ring (bicyclic) bond motifs is 1. The number of aromatic amines is 1. The van der Waals surface area contributed by atoms with Crippen LogP contribution in [0.25, 0.3) is 22.6 Å². The zero-order valence-electron chi connectivity index (χ0n) is 22.9. The van der Waals surface area contributed by atoms with E-state index >= 15 is 0 Å². The summed E-state index contributed by atoms with van der Waals surface area (Å²) in [7, 11) is 4.98. The van der Waals surface area contributed by atoms with Crippen LogP contribution in [-0.2, 0) is 11.8 Å². The van der Waals surface area contributed by atoms with E-state index in [1.54, 1.807) is 33.5 Å². The van der Waals surface area contributed by atoms with Crippen LogP contribution < -0.4 is 20.3 Å². The van der Waals surface area contributed by atoms with Crippen molar-refractivity contribution in [1.29, 1.82) is 5.26 Å². The van der Waals surface area contributed by atoms with Gasteiger partial charge in [0.15, 0.2) is 28.7 Å². The van der Waals surface area contributed by atoms with E-state index in [1.807, 2.05) is 30.0 Å². The van der Waals surface area contributed by atoms with Gasteiger partial charge in [-0.05, 0) is 30.7 Å². The second-order valence-electron chi connectivity index (χ2n) is 9.45. The SMILES string of the molecule is COc1c(Nc2cc(Nc3cnc(N4CC[C@@H](OC)C4)c(C#N)n3)nc3[nH]c(C)nc23)cccc1-c1nnn(C)n1. The summed E-state index contributed by atoms with van der Waals surface area (Å²) in [5.74, 6) is 3.08. The van der Waals surface area contributed by atoms with Crippen LogP contribution in [-0.4, -0.2) is 78.5 Å². The number of aryl methyl sites for hydroxylation is 2. The molecule has 5 heterocycles. The summed E-state index contributed by atoms with van der Waals surface area (Å²) in [5.41, 5.74) is 3.45. The van der Waals surface area contributed by atoms with Gasteiger partial charge in [-0.25, -0.2) is 19.9 Å². The van der Waals surface area contributed by atoms with Gasteiger partial charge >= 0.3 is 0 Å².